The van der Waals surface area contributed by atoms with Crippen LogP contribution in [0.4, 0.5) is 0 Å². The van der Waals surface area contributed by atoms with Gasteiger partial charge in [0.25, 0.3) is 5.56 Å². The summed E-state index contributed by atoms with van der Waals surface area (Å²) in [4.78, 5) is 12.5. The zero-order valence-electron chi connectivity index (χ0n) is 15.7. The van der Waals surface area contributed by atoms with Crippen molar-refractivity contribution in [2.75, 3.05) is 6.54 Å². The molecule has 0 aliphatic heterocycles. The summed E-state index contributed by atoms with van der Waals surface area (Å²) in [5.41, 5.74) is 9.11. The number of aromatic nitrogens is 2. The summed E-state index contributed by atoms with van der Waals surface area (Å²) in [6.07, 6.45) is 3.57. The zero-order chi connectivity index (χ0) is 19.6. The van der Waals surface area contributed by atoms with Crippen LogP contribution in [0.5, 0.6) is 0 Å². The highest BCUT2D eigenvalue weighted by Crippen LogP contribution is 2.42. The van der Waals surface area contributed by atoms with Crippen molar-refractivity contribution in [3.05, 3.63) is 87.7 Å². The Bertz CT molecular complexity index is 1010. The molecule has 0 spiro atoms. The molecule has 2 aromatic carbocycles. The Hall–Kier alpha value is -2.43. The number of halogens is 1. The summed E-state index contributed by atoms with van der Waals surface area (Å²) in [5, 5.41) is 5.42. The fraction of sp³-hybridized carbons (Fsp3) is 0.304. The average Bonchev–Trinajstić information content (AvgIpc) is 2.75. The molecule has 28 heavy (non-hydrogen) atoms. The second kappa shape index (κ2) is 7.90. The lowest BCUT2D eigenvalue weighted by atomic mass is 9.68. The van der Waals surface area contributed by atoms with Gasteiger partial charge in [-0.25, -0.2) is 4.68 Å². The van der Waals surface area contributed by atoms with Gasteiger partial charge in [-0.1, -0.05) is 54.1 Å². The Kier molecular flexibility index (Phi) is 5.33. The quantitative estimate of drug-likeness (QED) is 0.705. The van der Waals surface area contributed by atoms with Gasteiger partial charge < -0.3 is 5.73 Å². The molecule has 1 aliphatic carbocycles. The Morgan fingerprint density at radius 3 is 2.46 bits per heavy atom. The molecular formula is C23H24ClN3O. The van der Waals surface area contributed by atoms with Crippen LogP contribution in [-0.4, -0.2) is 16.3 Å². The van der Waals surface area contributed by atoms with Gasteiger partial charge in [-0.2, -0.15) is 5.10 Å². The maximum absolute atomic E-state index is 12.5. The van der Waals surface area contributed by atoms with Gasteiger partial charge >= 0.3 is 0 Å². The average molecular weight is 394 g/mol. The molecule has 0 atom stereocenters. The molecule has 1 aliphatic rings. The van der Waals surface area contributed by atoms with Crippen molar-refractivity contribution in [2.24, 2.45) is 5.73 Å². The molecule has 1 heterocycles. The first-order valence-corrected chi connectivity index (χ1v) is 10.1. The van der Waals surface area contributed by atoms with Crippen molar-refractivity contribution in [1.82, 2.24) is 9.78 Å². The minimum Gasteiger partial charge on any atom is -0.330 e. The molecule has 4 rings (SSSR count). The lowest BCUT2D eigenvalue weighted by Gasteiger charge is -2.40. The molecule has 3 aromatic rings. The van der Waals surface area contributed by atoms with E-state index in [4.69, 9.17) is 17.3 Å². The molecule has 1 fully saturated rings. The molecule has 0 bridgehead atoms. The van der Waals surface area contributed by atoms with Gasteiger partial charge in [0.1, 0.15) is 0 Å². The summed E-state index contributed by atoms with van der Waals surface area (Å²) in [5.74, 6) is 0. The van der Waals surface area contributed by atoms with Crippen molar-refractivity contribution in [2.45, 2.75) is 37.1 Å². The highest BCUT2D eigenvalue weighted by atomic mass is 35.5. The van der Waals surface area contributed by atoms with E-state index < -0.39 is 0 Å². The predicted molar refractivity (Wildman–Crippen MR) is 114 cm³/mol. The summed E-state index contributed by atoms with van der Waals surface area (Å²) in [6.45, 7) is 0.576. The van der Waals surface area contributed by atoms with Crippen LogP contribution >= 0.6 is 11.6 Å². The monoisotopic (exact) mass is 393 g/mol. The topological polar surface area (TPSA) is 60.9 Å². The van der Waals surface area contributed by atoms with Gasteiger partial charge in [0.05, 0.1) is 11.7 Å². The summed E-state index contributed by atoms with van der Waals surface area (Å²) in [7, 11) is 0. The van der Waals surface area contributed by atoms with E-state index in [0.717, 1.165) is 42.0 Å². The number of nitrogens with two attached hydrogens (primary N) is 1. The van der Waals surface area contributed by atoms with Gasteiger partial charge in [0.2, 0.25) is 0 Å². The maximum Gasteiger partial charge on any atom is 0.267 e. The molecule has 0 radical (unpaired) electrons. The van der Waals surface area contributed by atoms with E-state index in [1.54, 1.807) is 16.8 Å². The Morgan fingerprint density at radius 1 is 1.04 bits per heavy atom. The Labute approximate surface area is 170 Å². The largest absolute Gasteiger partial charge is 0.330 e. The second-order valence-electron chi connectivity index (χ2n) is 7.59. The fourth-order valence-corrected chi connectivity index (χ4v) is 4.47. The molecule has 2 N–H and O–H groups in total. The molecular weight excluding hydrogens is 370 g/mol. The first kappa shape index (κ1) is 18.9. The first-order valence-electron chi connectivity index (χ1n) is 9.73. The van der Waals surface area contributed by atoms with Crippen LogP contribution in [0.15, 0.2) is 71.5 Å². The van der Waals surface area contributed by atoms with E-state index >= 15 is 0 Å². The highest BCUT2D eigenvalue weighted by Gasteiger charge is 2.37. The van der Waals surface area contributed by atoms with Crippen LogP contribution in [0.3, 0.4) is 0 Å². The molecule has 1 saturated carbocycles. The summed E-state index contributed by atoms with van der Waals surface area (Å²) in [6, 6.07) is 21.5. The van der Waals surface area contributed by atoms with Crippen LogP contribution in [0.2, 0.25) is 5.02 Å². The van der Waals surface area contributed by atoms with Crippen LogP contribution in [0, 0.1) is 0 Å². The van der Waals surface area contributed by atoms with Crippen molar-refractivity contribution < 1.29 is 0 Å². The molecule has 5 heteroatoms. The van der Waals surface area contributed by atoms with Crippen molar-refractivity contribution >= 4 is 11.6 Å². The van der Waals surface area contributed by atoms with Crippen LogP contribution in [-0.2, 0) is 5.41 Å². The smallest absolute Gasteiger partial charge is 0.267 e. The zero-order valence-corrected chi connectivity index (χ0v) is 16.5. The fourth-order valence-electron chi connectivity index (χ4n) is 4.28. The van der Waals surface area contributed by atoms with Gasteiger partial charge in [-0.05, 0) is 49.4 Å². The normalized spacial score (nSPS) is 22.1. The van der Waals surface area contributed by atoms with Crippen molar-refractivity contribution in [1.29, 1.82) is 0 Å². The minimum absolute atomic E-state index is 0.0484. The third kappa shape index (κ3) is 3.62. The van der Waals surface area contributed by atoms with E-state index in [-0.39, 0.29) is 17.0 Å². The van der Waals surface area contributed by atoms with E-state index in [1.165, 1.54) is 5.56 Å². The van der Waals surface area contributed by atoms with Crippen LogP contribution in [0.25, 0.3) is 11.3 Å². The van der Waals surface area contributed by atoms with Gasteiger partial charge in [0.15, 0.2) is 0 Å². The molecule has 1 aromatic heterocycles. The molecule has 0 saturated heterocycles. The number of rotatable bonds is 4. The van der Waals surface area contributed by atoms with E-state index in [9.17, 15) is 4.79 Å². The van der Waals surface area contributed by atoms with Crippen molar-refractivity contribution in [3.8, 4) is 11.3 Å². The summed E-state index contributed by atoms with van der Waals surface area (Å²) < 4.78 is 1.67. The van der Waals surface area contributed by atoms with E-state index in [2.05, 4.69) is 11.2 Å². The first-order chi connectivity index (χ1) is 13.6. The van der Waals surface area contributed by atoms with Crippen molar-refractivity contribution in [3.63, 3.8) is 0 Å². The van der Waals surface area contributed by atoms with E-state index in [1.807, 2.05) is 48.5 Å². The van der Waals surface area contributed by atoms with Crippen LogP contribution in [0.1, 0.15) is 37.3 Å². The Morgan fingerprint density at radius 2 is 1.79 bits per heavy atom. The predicted octanol–water partition coefficient (Wildman–Crippen LogP) is 4.58. The van der Waals surface area contributed by atoms with Gasteiger partial charge in [0, 0.05) is 28.6 Å². The third-order valence-electron chi connectivity index (χ3n) is 5.98. The van der Waals surface area contributed by atoms with Gasteiger partial charge in [-0.3, -0.25) is 4.79 Å². The standard InChI is InChI=1S/C23H24ClN3O/c24-19-8-4-7-18(15-19)23(16-25)13-11-20(12-14-23)27-22(28)10-9-21(26-27)17-5-2-1-3-6-17/h1-10,15,20H,11-14,16,25H2/t20-,23+. The molecule has 0 unspecified atom stereocenters. The molecule has 4 nitrogen and oxygen atoms in total. The van der Waals surface area contributed by atoms with Gasteiger partial charge in [-0.15, -0.1) is 0 Å². The number of hydrogen-bond acceptors (Lipinski definition) is 3. The number of benzene rings is 2. The van der Waals surface area contributed by atoms with Crippen LogP contribution < -0.4 is 11.3 Å². The van der Waals surface area contributed by atoms with E-state index in [0.29, 0.717) is 6.54 Å². The lowest BCUT2D eigenvalue weighted by Crippen LogP contribution is -2.41. The number of hydrogen-bond donors (Lipinski definition) is 1. The molecule has 0 amide bonds. The molecule has 144 valence electrons. The highest BCUT2D eigenvalue weighted by molar-refractivity contribution is 6.30. The second-order valence-corrected chi connectivity index (χ2v) is 8.03. The SMILES string of the molecule is NC[C@]1(c2cccc(Cl)c2)CC[C@@H](n2nc(-c3ccccc3)ccc2=O)CC1. The third-order valence-corrected chi connectivity index (χ3v) is 6.22. The lowest BCUT2D eigenvalue weighted by molar-refractivity contribution is 0.222. The number of nitrogens with zero attached hydrogens (tertiary/aromatic N) is 2. The Balaban J connectivity index is 1.59. The minimum atomic E-state index is -0.0813. The summed E-state index contributed by atoms with van der Waals surface area (Å²) >= 11 is 6.21. The maximum atomic E-state index is 12.5.